The largest absolute Gasteiger partial charge is 0.480 e. The Kier molecular flexibility index (Phi) is 3.61. The number of aromatic nitrogens is 3. The molecule has 3 heterocycles. The van der Waals surface area contributed by atoms with Crippen molar-refractivity contribution >= 4 is 17.2 Å². The molecule has 0 aliphatic rings. The van der Waals surface area contributed by atoms with Crippen molar-refractivity contribution in [2.24, 2.45) is 5.73 Å². The van der Waals surface area contributed by atoms with Gasteiger partial charge < -0.3 is 20.2 Å². The van der Waals surface area contributed by atoms with Crippen molar-refractivity contribution in [3.63, 3.8) is 0 Å². The zero-order valence-electron chi connectivity index (χ0n) is 12.0. The molecule has 3 N–H and O–H groups in total. The molecule has 3 aromatic rings. The van der Waals surface area contributed by atoms with Gasteiger partial charge in [0, 0.05) is 12.4 Å². The van der Waals surface area contributed by atoms with Crippen molar-refractivity contribution in [2.75, 3.05) is 12.4 Å². The van der Waals surface area contributed by atoms with Gasteiger partial charge in [0.15, 0.2) is 0 Å². The third kappa shape index (κ3) is 2.69. The number of imidazole rings is 1. The molecule has 0 saturated carbocycles. The summed E-state index contributed by atoms with van der Waals surface area (Å²) in [5.74, 6) is -0.369. The van der Waals surface area contributed by atoms with E-state index in [1.54, 1.807) is 12.3 Å². The average molecular weight is 297 g/mol. The monoisotopic (exact) mass is 297 g/mol. The number of nitrogens with one attached hydrogen (secondary N) is 1. The van der Waals surface area contributed by atoms with E-state index in [1.165, 1.54) is 7.11 Å². The first kappa shape index (κ1) is 13.9. The van der Waals surface area contributed by atoms with Crippen molar-refractivity contribution in [1.82, 2.24) is 14.4 Å². The highest BCUT2D eigenvalue weighted by molar-refractivity contribution is 5.95. The van der Waals surface area contributed by atoms with E-state index in [2.05, 4.69) is 15.3 Å². The predicted octanol–water partition coefficient (Wildman–Crippen LogP) is 1.45. The van der Waals surface area contributed by atoms with Crippen molar-refractivity contribution in [2.45, 2.75) is 6.54 Å². The van der Waals surface area contributed by atoms with E-state index in [-0.39, 0.29) is 11.4 Å². The maximum absolute atomic E-state index is 11.4. The summed E-state index contributed by atoms with van der Waals surface area (Å²) in [6, 6.07) is 7.43. The lowest BCUT2D eigenvalue weighted by Gasteiger charge is -2.08. The molecule has 3 rings (SSSR count). The molecule has 22 heavy (non-hydrogen) atoms. The number of primary amides is 1. The second-order valence-corrected chi connectivity index (χ2v) is 4.70. The van der Waals surface area contributed by atoms with Crippen LogP contribution in [0.1, 0.15) is 16.1 Å². The summed E-state index contributed by atoms with van der Waals surface area (Å²) < 4.78 is 6.95. The van der Waals surface area contributed by atoms with Crippen LogP contribution in [0.2, 0.25) is 0 Å². The van der Waals surface area contributed by atoms with Crippen LogP contribution in [0.3, 0.4) is 0 Å². The standard InChI is InChI=1S/C15H15N5O2/c1-22-15-12(14(16)21)6-10(7-18-15)17-8-11-9-20-5-3-2-4-13(20)19-11/h2-7,9,17H,8H2,1H3,(H2,16,21). The highest BCUT2D eigenvalue weighted by Gasteiger charge is 2.11. The molecule has 3 aromatic heterocycles. The lowest BCUT2D eigenvalue weighted by Crippen LogP contribution is -2.14. The number of amides is 1. The van der Waals surface area contributed by atoms with Crippen molar-refractivity contribution in [1.29, 1.82) is 0 Å². The van der Waals surface area contributed by atoms with Crippen LogP contribution in [0.25, 0.3) is 5.65 Å². The van der Waals surface area contributed by atoms with Crippen molar-refractivity contribution in [3.8, 4) is 5.88 Å². The summed E-state index contributed by atoms with van der Waals surface area (Å²) in [6.07, 6.45) is 5.46. The van der Waals surface area contributed by atoms with Gasteiger partial charge in [-0.15, -0.1) is 0 Å². The first-order valence-corrected chi connectivity index (χ1v) is 6.67. The molecule has 0 unspecified atom stereocenters. The number of rotatable bonds is 5. The van der Waals surface area contributed by atoms with Crippen LogP contribution in [0.5, 0.6) is 5.88 Å². The van der Waals surface area contributed by atoms with Gasteiger partial charge in [-0.05, 0) is 18.2 Å². The van der Waals surface area contributed by atoms with Crippen LogP contribution in [0.15, 0.2) is 42.9 Å². The molecular formula is C15H15N5O2. The Bertz CT molecular complexity index is 795. The summed E-state index contributed by atoms with van der Waals surface area (Å²) in [5, 5.41) is 3.17. The fourth-order valence-electron chi connectivity index (χ4n) is 2.15. The minimum atomic E-state index is -0.583. The lowest BCUT2D eigenvalue weighted by molar-refractivity contribution is 0.0996. The van der Waals surface area contributed by atoms with Gasteiger partial charge in [0.25, 0.3) is 5.91 Å². The molecule has 7 heteroatoms. The van der Waals surface area contributed by atoms with E-state index >= 15 is 0 Å². The zero-order valence-corrected chi connectivity index (χ0v) is 12.0. The first-order chi connectivity index (χ1) is 10.7. The number of anilines is 1. The Morgan fingerprint density at radius 3 is 3.05 bits per heavy atom. The Labute approximate surface area is 126 Å². The van der Waals surface area contributed by atoms with Crippen molar-refractivity contribution < 1.29 is 9.53 Å². The number of carbonyl (C=O) groups excluding carboxylic acids is 1. The van der Waals surface area contributed by atoms with Gasteiger partial charge in [0.1, 0.15) is 11.2 Å². The molecule has 0 atom stereocenters. The Morgan fingerprint density at radius 2 is 2.32 bits per heavy atom. The van der Waals surface area contributed by atoms with E-state index in [0.29, 0.717) is 12.2 Å². The second-order valence-electron chi connectivity index (χ2n) is 4.70. The Morgan fingerprint density at radius 1 is 1.45 bits per heavy atom. The van der Waals surface area contributed by atoms with Crippen LogP contribution >= 0.6 is 0 Å². The molecule has 0 spiro atoms. The summed E-state index contributed by atoms with van der Waals surface area (Å²) in [7, 11) is 1.44. The van der Waals surface area contributed by atoms with E-state index in [1.807, 2.05) is 35.0 Å². The third-order valence-corrected chi connectivity index (χ3v) is 3.20. The Hall–Kier alpha value is -3.09. The van der Waals surface area contributed by atoms with Gasteiger partial charge in [0.05, 0.1) is 31.2 Å². The van der Waals surface area contributed by atoms with Crippen LogP contribution in [-0.2, 0) is 6.54 Å². The molecule has 0 aliphatic heterocycles. The van der Waals surface area contributed by atoms with Gasteiger partial charge in [-0.25, -0.2) is 9.97 Å². The molecule has 0 saturated heterocycles. The molecule has 1 amide bonds. The minimum absolute atomic E-state index is 0.214. The smallest absolute Gasteiger partial charge is 0.254 e. The minimum Gasteiger partial charge on any atom is -0.480 e. The lowest BCUT2D eigenvalue weighted by atomic mass is 10.2. The average Bonchev–Trinajstić information content (AvgIpc) is 2.95. The van der Waals surface area contributed by atoms with Crippen molar-refractivity contribution in [3.05, 3.63) is 54.1 Å². The molecule has 0 fully saturated rings. The first-order valence-electron chi connectivity index (χ1n) is 6.67. The molecule has 0 aliphatic carbocycles. The topological polar surface area (TPSA) is 94.5 Å². The number of nitrogens with two attached hydrogens (primary N) is 1. The van der Waals surface area contributed by atoms with E-state index in [4.69, 9.17) is 10.5 Å². The van der Waals surface area contributed by atoms with E-state index in [0.717, 1.165) is 11.3 Å². The van der Waals surface area contributed by atoms with Gasteiger partial charge in [0.2, 0.25) is 5.88 Å². The summed E-state index contributed by atoms with van der Waals surface area (Å²) in [5.41, 5.74) is 7.98. The number of hydrogen-bond acceptors (Lipinski definition) is 5. The quantitative estimate of drug-likeness (QED) is 0.743. The molecule has 7 nitrogen and oxygen atoms in total. The fourth-order valence-corrected chi connectivity index (χ4v) is 2.15. The SMILES string of the molecule is COc1ncc(NCc2cn3ccccc3n2)cc1C(N)=O. The highest BCUT2D eigenvalue weighted by Crippen LogP contribution is 2.19. The fraction of sp³-hybridized carbons (Fsp3) is 0.133. The van der Waals surface area contributed by atoms with Crippen LogP contribution in [0, 0.1) is 0 Å². The molecule has 0 radical (unpaired) electrons. The van der Waals surface area contributed by atoms with Gasteiger partial charge in [-0.2, -0.15) is 0 Å². The number of pyridine rings is 2. The normalized spacial score (nSPS) is 10.6. The number of methoxy groups -OCH3 is 1. The predicted molar refractivity (Wildman–Crippen MR) is 81.8 cm³/mol. The number of nitrogens with zero attached hydrogens (tertiary/aromatic N) is 3. The summed E-state index contributed by atoms with van der Waals surface area (Å²) in [6.45, 7) is 0.508. The van der Waals surface area contributed by atoms with Crippen LogP contribution in [-0.4, -0.2) is 27.4 Å². The number of ether oxygens (including phenoxy) is 1. The van der Waals surface area contributed by atoms with Gasteiger partial charge in [-0.1, -0.05) is 6.07 Å². The van der Waals surface area contributed by atoms with Crippen LogP contribution < -0.4 is 15.8 Å². The molecule has 112 valence electrons. The van der Waals surface area contributed by atoms with E-state index < -0.39 is 5.91 Å². The second kappa shape index (κ2) is 5.72. The summed E-state index contributed by atoms with van der Waals surface area (Å²) >= 11 is 0. The van der Waals surface area contributed by atoms with Gasteiger partial charge in [-0.3, -0.25) is 4.79 Å². The third-order valence-electron chi connectivity index (χ3n) is 3.20. The maximum atomic E-state index is 11.4. The highest BCUT2D eigenvalue weighted by atomic mass is 16.5. The molecule has 0 aromatic carbocycles. The Balaban J connectivity index is 1.78. The number of hydrogen-bond donors (Lipinski definition) is 2. The zero-order chi connectivity index (χ0) is 15.5. The number of fused-ring (bicyclic) bond motifs is 1. The number of carbonyl (C=O) groups is 1. The molecule has 0 bridgehead atoms. The van der Waals surface area contributed by atoms with E-state index in [9.17, 15) is 4.79 Å². The summed E-state index contributed by atoms with van der Waals surface area (Å²) in [4.78, 5) is 19.9. The van der Waals surface area contributed by atoms with Crippen LogP contribution in [0.4, 0.5) is 5.69 Å². The maximum Gasteiger partial charge on any atom is 0.254 e. The van der Waals surface area contributed by atoms with Gasteiger partial charge >= 0.3 is 0 Å². The molecular weight excluding hydrogens is 282 g/mol.